The van der Waals surface area contributed by atoms with Crippen LogP contribution in [0.4, 0.5) is 4.79 Å². The normalized spacial score (nSPS) is 16.2. The topological polar surface area (TPSA) is 97.8 Å². The highest BCUT2D eigenvalue weighted by atomic mass is 32.2. The van der Waals surface area contributed by atoms with Crippen molar-refractivity contribution in [3.8, 4) is 22.1 Å². The van der Waals surface area contributed by atoms with Gasteiger partial charge >= 0.3 is 0 Å². The molecule has 2 aliphatic rings. The number of rotatable bonds is 6. The quantitative estimate of drug-likeness (QED) is 0.503. The Kier molecular flexibility index (Phi) is 5.92. The molecule has 1 saturated heterocycles. The lowest BCUT2D eigenvalue weighted by Crippen LogP contribution is -2.37. The van der Waals surface area contributed by atoms with Crippen molar-refractivity contribution in [1.82, 2.24) is 15.2 Å². The van der Waals surface area contributed by atoms with Crippen molar-refractivity contribution in [2.45, 2.75) is 6.92 Å². The van der Waals surface area contributed by atoms with E-state index in [1.165, 1.54) is 11.3 Å². The van der Waals surface area contributed by atoms with Gasteiger partial charge in [-0.05, 0) is 53.9 Å². The number of carbonyl (C=O) groups excluding carboxylic acids is 3. The molecular weight excluding hydrogens is 482 g/mol. The summed E-state index contributed by atoms with van der Waals surface area (Å²) in [6, 6.07) is 7.28. The highest BCUT2D eigenvalue weighted by molar-refractivity contribution is 8.18. The predicted octanol–water partition coefficient (Wildman–Crippen LogP) is 4.38. The molecule has 1 aromatic carbocycles. The fourth-order valence-electron chi connectivity index (χ4n) is 3.33. The summed E-state index contributed by atoms with van der Waals surface area (Å²) >= 11 is 3.77. The molecule has 2 aromatic heterocycles. The largest absolute Gasteiger partial charge is 0.454 e. The Bertz CT molecular complexity index is 1280. The van der Waals surface area contributed by atoms with Crippen molar-refractivity contribution in [3.05, 3.63) is 56.1 Å². The van der Waals surface area contributed by atoms with Gasteiger partial charge in [0.25, 0.3) is 17.1 Å². The molecule has 5 rings (SSSR count). The summed E-state index contributed by atoms with van der Waals surface area (Å²) in [5.74, 6) is 0.598. The number of thioether (sulfide) groups is 1. The van der Waals surface area contributed by atoms with Crippen LogP contribution in [-0.4, -0.2) is 46.8 Å². The first-order chi connectivity index (χ1) is 16.0. The van der Waals surface area contributed by atoms with E-state index in [-0.39, 0.29) is 36.9 Å². The summed E-state index contributed by atoms with van der Waals surface area (Å²) < 4.78 is 10.6. The highest BCUT2D eigenvalue weighted by Gasteiger charge is 2.34. The van der Waals surface area contributed by atoms with Gasteiger partial charge in [0, 0.05) is 24.0 Å². The van der Waals surface area contributed by atoms with Crippen LogP contribution in [0.15, 0.2) is 39.9 Å². The average molecular weight is 500 g/mol. The third-order valence-electron chi connectivity index (χ3n) is 4.96. The molecule has 0 radical (unpaired) electrons. The standard InChI is InChI=1S/C22H17N3O5S3/c1-12-18(33-20(24-12)14-4-7-31-10-14)19(26)23-5-6-25-21(27)17(32-22(25)28)9-13-2-3-15-16(8-13)30-11-29-15/h2-4,7-10H,5-6,11H2,1H3,(H,23,26)/b17-9-. The number of thiophene rings is 1. The van der Waals surface area contributed by atoms with E-state index < -0.39 is 0 Å². The van der Waals surface area contributed by atoms with Gasteiger partial charge in [0.2, 0.25) is 6.79 Å². The number of thiazole rings is 1. The Morgan fingerprint density at radius 2 is 2.09 bits per heavy atom. The number of hydrogen-bond donors (Lipinski definition) is 1. The van der Waals surface area contributed by atoms with Gasteiger partial charge in [-0.25, -0.2) is 4.98 Å². The van der Waals surface area contributed by atoms with E-state index in [0.717, 1.165) is 32.8 Å². The maximum Gasteiger partial charge on any atom is 0.293 e. The van der Waals surface area contributed by atoms with E-state index in [4.69, 9.17) is 9.47 Å². The summed E-state index contributed by atoms with van der Waals surface area (Å²) in [6.07, 6.45) is 1.65. The van der Waals surface area contributed by atoms with Crippen LogP contribution in [0.2, 0.25) is 0 Å². The van der Waals surface area contributed by atoms with Crippen molar-refractivity contribution >= 4 is 57.6 Å². The average Bonchev–Trinajstić information content (AvgIpc) is 3.58. The lowest BCUT2D eigenvalue weighted by atomic mass is 10.2. The van der Waals surface area contributed by atoms with Crippen LogP contribution in [0.1, 0.15) is 20.9 Å². The van der Waals surface area contributed by atoms with E-state index in [1.807, 2.05) is 16.8 Å². The Morgan fingerprint density at radius 3 is 2.91 bits per heavy atom. The molecule has 11 heteroatoms. The first-order valence-electron chi connectivity index (χ1n) is 9.93. The summed E-state index contributed by atoms with van der Waals surface area (Å²) in [6.45, 7) is 2.19. The molecule has 4 heterocycles. The van der Waals surface area contributed by atoms with Gasteiger partial charge in [-0.2, -0.15) is 11.3 Å². The highest BCUT2D eigenvalue weighted by Crippen LogP contribution is 2.36. The van der Waals surface area contributed by atoms with Gasteiger partial charge in [0.15, 0.2) is 11.5 Å². The third-order valence-corrected chi connectivity index (χ3v) is 7.76. The maximum atomic E-state index is 12.7. The molecule has 168 valence electrons. The molecule has 0 saturated carbocycles. The minimum absolute atomic E-state index is 0.0874. The Balaban J connectivity index is 1.20. The molecule has 0 unspecified atom stereocenters. The third kappa shape index (κ3) is 4.39. The number of aryl methyl sites for hydroxylation is 1. The Morgan fingerprint density at radius 1 is 1.24 bits per heavy atom. The van der Waals surface area contributed by atoms with Crippen molar-refractivity contribution in [3.63, 3.8) is 0 Å². The molecule has 0 spiro atoms. The summed E-state index contributed by atoms with van der Waals surface area (Å²) in [4.78, 5) is 44.2. The van der Waals surface area contributed by atoms with E-state index in [0.29, 0.717) is 27.0 Å². The van der Waals surface area contributed by atoms with Gasteiger partial charge in [0.1, 0.15) is 9.88 Å². The molecule has 1 fully saturated rings. The molecule has 2 aliphatic heterocycles. The number of benzene rings is 1. The molecule has 0 bridgehead atoms. The van der Waals surface area contributed by atoms with Gasteiger partial charge in [-0.3, -0.25) is 19.3 Å². The smallest absolute Gasteiger partial charge is 0.293 e. The minimum atomic E-state index is -0.384. The second-order valence-electron chi connectivity index (χ2n) is 7.15. The second-order valence-corrected chi connectivity index (χ2v) is 9.92. The maximum absolute atomic E-state index is 12.7. The molecule has 0 aliphatic carbocycles. The van der Waals surface area contributed by atoms with Gasteiger partial charge in [-0.1, -0.05) is 6.07 Å². The van der Waals surface area contributed by atoms with Gasteiger partial charge < -0.3 is 14.8 Å². The number of ether oxygens (including phenoxy) is 2. The minimum Gasteiger partial charge on any atom is -0.454 e. The zero-order valence-corrected chi connectivity index (χ0v) is 19.8. The van der Waals surface area contributed by atoms with Crippen LogP contribution in [0.5, 0.6) is 11.5 Å². The summed E-state index contributed by atoms with van der Waals surface area (Å²) in [5, 5.41) is 7.16. The molecule has 3 amide bonds. The number of nitrogens with one attached hydrogen (secondary N) is 1. The zero-order chi connectivity index (χ0) is 22.9. The fourth-order valence-corrected chi connectivity index (χ4v) is 5.88. The molecule has 8 nitrogen and oxygen atoms in total. The summed E-state index contributed by atoms with van der Waals surface area (Å²) in [7, 11) is 0. The molecule has 1 N–H and O–H groups in total. The van der Waals surface area contributed by atoms with Crippen LogP contribution in [0.3, 0.4) is 0 Å². The first-order valence-corrected chi connectivity index (χ1v) is 12.5. The van der Waals surface area contributed by atoms with Gasteiger partial charge in [0.05, 0.1) is 10.6 Å². The summed E-state index contributed by atoms with van der Waals surface area (Å²) in [5.41, 5.74) is 2.37. The van der Waals surface area contributed by atoms with Crippen molar-refractivity contribution in [2.24, 2.45) is 0 Å². The number of hydrogen-bond acceptors (Lipinski definition) is 9. The first kappa shape index (κ1) is 21.7. The number of imide groups is 1. The van der Waals surface area contributed by atoms with E-state index in [2.05, 4.69) is 10.3 Å². The van der Waals surface area contributed by atoms with Crippen molar-refractivity contribution in [2.75, 3.05) is 19.9 Å². The van der Waals surface area contributed by atoms with Crippen molar-refractivity contribution < 1.29 is 23.9 Å². The van der Waals surface area contributed by atoms with Crippen LogP contribution in [0, 0.1) is 6.92 Å². The fraction of sp³-hybridized carbons (Fsp3) is 0.182. The number of aromatic nitrogens is 1. The lowest BCUT2D eigenvalue weighted by molar-refractivity contribution is -0.122. The zero-order valence-electron chi connectivity index (χ0n) is 17.3. The van der Waals surface area contributed by atoms with Crippen molar-refractivity contribution in [1.29, 1.82) is 0 Å². The predicted molar refractivity (Wildman–Crippen MR) is 128 cm³/mol. The van der Waals surface area contributed by atoms with Crippen LogP contribution in [-0.2, 0) is 4.79 Å². The Labute approximate surface area is 201 Å². The molecule has 3 aromatic rings. The van der Waals surface area contributed by atoms with E-state index in [1.54, 1.807) is 42.5 Å². The molecule has 33 heavy (non-hydrogen) atoms. The van der Waals surface area contributed by atoms with Crippen LogP contribution in [0.25, 0.3) is 16.6 Å². The SMILES string of the molecule is Cc1nc(-c2ccsc2)sc1C(=O)NCCN1C(=O)S/C(=C\c2ccc3c(c2)OCO3)C1=O. The monoisotopic (exact) mass is 499 g/mol. The number of amides is 3. The molecule has 0 atom stereocenters. The number of nitrogens with zero attached hydrogens (tertiary/aromatic N) is 2. The second kappa shape index (κ2) is 9.00. The van der Waals surface area contributed by atoms with Crippen LogP contribution >= 0.6 is 34.4 Å². The van der Waals surface area contributed by atoms with Gasteiger partial charge in [-0.15, -0.1) is 11.3 Å². The molecular formula is C22H17N3O5S3. The number of carbonyl (C=O) groups is 3. The number of fused-ring (bicyclic) bond motifs is 1. The van der Waals surface area contributed by atoms with E-state index >= 15 is 0 Å². The lowest BCUT2D eigenvalue weighted by Gasteiger charge is -2.12. The Hall–Kier alpha value is -3.15. The van der Waals surface area contributed by atoms with Crippen LogP contribution < -0.4 is 14.8 Å². The van der Waals surface area contributed by atoms with E-state index in [9.17, 15) is 14.4 Å².